The predicted molar refractivity (Wildman–Crippen MR) is 67.0 cm³/mol. The monoisotopic (exact) mass is 222 g/mol. The summed E-state index contributed by atoms with van der Waals surface area (Å²) in [5.74, 6) is 1.15. The van der Waals surface area contributed by atoms with E-state index in [0.29, 0.717) is 6.04 Å². The Morgan fingerprint density at radius 2 is 2.31 bits per heavy atom. The second-order valence-electron chi connectivity index (χ2n) is 4.47. The van der Waals surface area contributed by atoms with Crippen molar-refractivity contribution >= 4 is 5.95 Å². The van der Waals surface area contributed by atoms with Gasteiger partial charge in [0.15, 0.2) is 0 Å². The summed E-state index contributed by atoms with van der Waals surface area (Å²) >= 11 is 0. The smallest absolute Gasteiger partial charge is 0.205 e. The summed E-state index contributed by atoms with van der Waals surface area (Å²) in [6.07, 6.45) is 3.20. The Morgan fingerprint density at radius 3 is 2.94 bits per heavy atom. The van der Waals surface area contributed by atoms with Gasteiger partial charge >= 0.3 is 0 Å². The molecule has 1 atom stereocenters. The van der Waals surface area contributed by atoms with Crippen LogP contribution in [0.1, 0.15) is 26.5 Å². The van der Waals surface area contributed by atoms with E-state index in [1.54, 1.807) is 0 Å². The van der Waals surface area contributed by atoms with E-state index in [-0.39, 0.29) is 0 Å². The first-order valence-corrected chi connectivity index (χ1v) is 6.29. The van der Waals surface area contributed by atoms with E-state index in [9.17, 15) is 0 Å². The second kappa shape index (κ2) is 4.87. The topological polar surface area (TPSA) is 33.1 Å². The zero-order valence-corrected chi connectivity index (χ0v) is 10.5. The molecule has 0 saturated carbocycles. The molecule has 16 heavy (non-hydrogen) atoms. The average Bonchev–Trinajstić information content (AvgIpc) is 2.72. The summed E-state index contributed by atoms with van der Waals surface area (Å²) in [5.41, 5.74) is 1.20. The highest BCUT2D eigenvalue weighted by Gasteiger charge is 2.20. The predicted octanol–water partition coefficient (Wildman–Crippen LogP) is 1.26. The lowest BCUT2D eigenvalue weighted by atomic mass is 10.2. The molecule has 0 radical (unpaired) electrons. The fourth-order valence-corrected chi connectivity index (χ4v) is 2.23. The second-order valence-corrected chi connectivity index (χ2v) is 4.47. The van der Waals surface area contributed by atoms with Crippen LogP contribution in [-0.4, -0.2) is 35.2 Å². The molecular weight excluding hydrogens is 200 g/mol. The lowest BCUT2D eigenvalue weighted by Crippen LogP contribution is -2.50. The van der Waals surface area contributed by atoms with E-state index in [1.165, 1.54) is 5.69 Å². The molecule has 0 aliphatic carbocycles. The van der Waals surface area contributed by atoms with E-state index < -0.39 is 0 Å². The number of rotatable bonds is 3. The van der Waals surface area contributed by atoms with E-state index in [4.69, 9.17) is 4.98 Å². The van der Waals surface area contributed by atoms with Gasteiger partial charge in [0.1, 0.15) is 0 Å². The normalized spacial score (nSPS) is 21.4. The van der Waals surface area contributed by atoms with Crippen molar-refractivity contribution in [2.75, 3.05) is 24.5 Å². The van der Waals surface area contributed by atoms with Crippen LogP contribution in [0, 0.1) is 0 Å². The van der Waals surface area contributed by atoms with Gasteiger partial charge in [0.05, 0.1) is 5.69 Å². The van der Waals surface area contributed by atoms with Crippen molar-refractivity contribution in [2.45, 2.75) is 39.8 Å². The molecule has 1 aliphatic rings. The zero-order valence-electron chi connectivity index (χ0n) is 10.5. The van der Waals surface area contributed by atoms with Gasteiger partial charge in [-0.1, -0.05) is 6.92 Å². The van der Waals surface area contributed by atoms with Crippen molar-refractivity contribution in [3.63, 3.8) is 0 Å². The highest BCUT2D eigenvalue weighted by molar-refractivity contribution is 5.35. The first kappa shape index (κ1) is 11.5. The Balaban J connectivity index is 2.20. The molecule has 0 bridgehead atoms. The Morgan fingerprint density at radius 1 is 1.50 bits per heavy atom. The first-order valence-electron chi connectivity index (χ1n) is 6.29. The van der Waals surface area contributed by atoms with Gasteiger partial charge in [0.2, 0.25) is 5.95 Å². The van der Waals surface area contributed by atoms with Crippen molar-refractivity contribution in [1.29, 1.82) is 0 Å². The van der Waals surface area contributed by atoms with Crippen LogP contribution < -0.4 is 10.2 Å². The molecule has 1 aromatic rings. The number of nitrogens with zero attached hydrogens (tertiary/aromatic N) is 3. The Bertz CT molecular complexity index is 345. The summed E-state index contributed by atoms with van der Waals surface area (Å²) in [6.45, 7) is 10.7. The number of aryl methyl sites for hydroxylation is 2. The first-order chi connectivity index (χ1) is 7.74. The lowest BCUT2D eigenvalue weighted by Gasteiger charge is -2.32. The van der Waals surface area contributed by atoms with Crippen LogP contribution in [-0.2, 0) is 13.0 Å². The third-order valence-corrected chi connectivity index (χ3v) is 3.16. The quantitative estimate of drug-likeness (QED) is 0.836. The molecule has 4 heteroatoms. The summed E-state index contributed by atoms with van der Waals surface area (Å²) in [5, 5.41) is 3.46. The maximum Gasteiger partial charge on any atom is 0.205 e. The van der Waals surface area contributed by atoms with Crippen molar-refractivity contribution in [1.82, 2.24) is 14.9 Å². The maximum atomic E-state index is 4.72. The summed E-state index contributed by atoms with van der Waals surface area (Å²) in [7, 11) is 0. The van der Waals surface area contributed by atoms with Gasteiger partial charge in [-0.3, -0.25) is 0 Å². The number of imidazole rings is 1. The average molecular weight is 222 g/mol. The lowest BCUT2D eigenvalue weighted by molar-refractivity contribution is 0.474. The third kappa shape index (κ3) is 2.21. The van der Waals surface area contributed by atoms with Crippen LogP contribution in [0.4, 0.5) is 5.95 Å². The molecular formula is C12H22N4. The van der Waals surface area contributed by atoms with Crippen molar-refractivity contribution in [3.05, 3.63) is 11.9 Å². The highest BCUT2D eigenvalue weighted by atomic mass is 15.3. The molecule has 1 aliphatic heterocycles. The number of piperazine rings is 1. The fourth-order valence-electron chi connectivity index (χ4n) is 2.23. The minimum Gasteiger partial charge on any atom is -0.339 e. The van der Waals surface area contributed by atoms with Crippen LogP contribution >= 0.6 is 0 Å². The van der Waals surface area contributed by atoms with E-state index in [2.05, 4.69) is 41.8 Å². The Hall–Kier alpha value is -1.03. The molecule has 4 nitrogen and oxygen atoms in total. The molecule has 1 unspecified atom stereocenters. The third-order valence-electron chi connectivity index (χ3n) is 3.16. The van der Waals surface area contributed by atoms with Gasteiger partial charge in [-0.25, -0.2) is 4.98 Å². The SMILES string of the molecule is CCc1cn(CC)c(N2CCNC(C)C2)n1. The van der Waals surface area contributed by atoms with E-state index in [0.717, 1.165) is 38.5 Å². The number of nitrogens with one attached hydrogen (secondary N) is 1. The molecule has 1 saturated heterocycles. The molecule has 1 N–H and O–H groups in total. The van der Waals surface area contributed by atoms with Gasteiger partial charge in [-0.15, -0.1) is 0 Å². The maximum absolute atomic E-state index is 4.72. The number of aromatic nitrogens is 2. The van der Waals surface area contributed by atoms with Gasteiger partial charge in [-0.05, 0) is 20.3 Å². The van der Waals surface area contributed by atoms with Crippen molar-refractivity contribution < 1.29 is 0 Å². The van der Waals surface area contributed by atoms with E-state index >= 15 is 0 Å². The molecule has 0 spiro atoms. The molecule has 1 fully saturated rings. The number of anilines is 1. The Kier molecular flexibility index (Phi) is 3.49. The standard InChI is InChI=1S/C12H22N4/c1-4-11-9-15(5-2)12(14-11)16-7-6-13-10(3)8-16/h9-10,13H,4-8H2,1-3H3. The summed E-state index contributed by atoms with van der Waals surface area (Å²) < 4.78 is 2.26. The molecule has 2 rings (SSSR count). The molecule has 2 heterocycles. The van der Waals surface area contributed by atoms with Crippen molar-refractivity contribution in [2.24, 2.45) is 0 Å². The van der Waals surface area contributed by atoms with Gasteiger partial charge in [0.25, 0.3) is 0 Å². The molecule has 1 aromatic heterocycles. The summed E-state index contributed by atoms with van der Waals surface area (Å²) in [6, 6.07) is 0.556. The van der Waals surface area contributed by atoms with Crippen LogP contribution in [0.5, 0.6) is 0 Å². The van der Waals surface area contributed by atoms with Crippen LogP contribution in [0.25, 0.3) is 0 Å². The van der Waals surface area contributed by atoms with Crippen LogP contribution in [0.2, 0.25) is 0 Å². The fraction of sp³-hybridized carbons (Fsp3) is 0.750. The van der Waals surface area contributed by atoms with Gasteiger partial charge < -0.3 is 14.8 Å². The highest BCUT2D eigenvalue weighted by Crippen LogP contribution is 2.16. The summed E-state index contributed by atoms with van der Waals surface area (Å²) in [4.78, 5) is 7.11. The number of hydrogen-bond acceptors (Lipinski definition) is 3. The minimum atomic E-state index is 0.556. The van der Waals surface area contributed by atoms with Crippen LogP contribution in [0.15, 0.2) is 6.20 Å². The molecule has 0 aromatic carbocycles. The van der Waals surface area contributed by atoms with Crippen LogP contribution in [0.3, 0.4) is 0 Å². The van der Waals surface area contributed by atoms with Crippen molar-refractivity contribution in [3.8, 4) is 0 Å². The van der Waals surface area contributed by atoms with E-state index in [1.807, 2.05) is 0 Å². The molecule has 0 amide bonds. The number of hydrogen-bond donors (Lipinski definition) is 1. The minimum absolute atomic E-state index is 0.556. The Labute approximate surface area is 97.7 Å². The van der Waals surface area contributed by atoms with Gasteiger partial charge in [-0.2, -0.15) is 0 Å². The molecule has 90 valence electrons. The zero-order chi connectivity index (χ0) is 11.5. The largest absolute Gasteiger partial charge is 0.339 e. The van der Waals surface area contributed by atoms with Gasteiger partial charge in [0, 0.05) is 38.4 Å².